The number of carbonyl (C=O) groups excluding carboxylic acids is 2. The smallest absolute Gasteiger partial charge is 0.290 e. The monoisotopic (exact) mass is 507 g/mol. The molecule has 1 atom stereocenters. The molecule has 1 aliphatic heterocycles. The summed E-state index contributed by atoms with van der Waals surface area (Å²) >= 11 is 4.74. The molecule has 2 heterocycles. The number of nitrogens with zero attached hydrogens (tertiary/aromatic N) is 3. The van der Waals surface area contributed by atoms with Crippen molar-refractivity contribution in [3.63, 3.8) is 0 Å². The van der Waals surface area contributed by atoms with Gasteiger partial charge in [-0.2, -0.15) is 0 Å². The van der Waals surface area contributed by atoms with E-state index in [9.17, 15) is 14.7 Å². The lowest BCUT2D eigenvalue weighted by Crippen LogP contribution is -2.33. The molecule has 7 nitrogen and oxygen atoms in total. The number of hydrogen-bond acceptors (Lipinski definition) is 7. The zero-order valence-corrected chi connectivity index (χ0v) is 20.6. The van der Waals surface area contributed by atoms with Gasteiger partial charge in [0.05, 0.1) is 34.3 Å². The molecule has 0 saturated heterocycles. The van der Waals surface area contributed by atoms with Crippen molar-refractivity contribution in [1.82, 2.24) is 14.8 Å². The average Bonchev–Trinajstić information content (AvgIpc) is 3.17. The Hall–Kier alpha value is -2.23. The molecule has 1 amide bonds. The number of aliphatic hydroxyl groups is 1. The van der Waals surface area contributed by atoms with E-state index in [4.69, 9.17) is 4.74 Å². The highest BCUT2D eigenvalue weighted by Crippen LogP contribution is 2.44. The van der Waals surface area contributed by atoms with E-state index < -0.39 is 17.7 Å². The van der Waals surface area contributed by atoms with Gasteiger partial charge in [-0.05, 0) is 59.1 Å². The molecule has 0 fully saturated rings. The molecular weight excluding hydrogens is 482 g/mol. The molecule has 0 spiro atoms. The second kappa shape index (κ2) is 9.50. The topological polar surface area (TPSA) is 83.0 Å². The van der Waals surface area contributed by atoms with Crippen molar-refractivity contribution < 1.29 is 19.4 Å². The summed E-state index contributed by atoms with van der Waals surface area (Å²) in [6, 6.07) is 4.68. The van der Waals surface area contributed by atoms with Gasteiger partial charge in [0, 0.05) is 16.6 Å². The third-order valence-corrected chi connectivity index (χ3v) is 6.71. The van der Waals surface area contributed by atoms with Crippen molar-refractivity contribution in [3.05, 3.63) is 55.1 Å². The Balaban J connectivity index is 2.12. The van der Waals surface area contributed by atoms with Crippen LogP contribution in [0, 0.1) is 13.8 Å². The van der Waals surface area contributed by atoms with Gasteiger partial charge in [-0.25, -0.2) is 4.98 Å². The van der Waals surface area contributed by atoms with Gasteiger partial charge in [-0.3, -0.25) is 9.59 Å². The van der Waals surface area contributed by atoms with E-state index in [1.165, 1.54) is 11.3 Å². The molecule has 0 aliphatic carbocycles. The van der Waals surface area contributed by atoms with Crippen LogP contribution in [0.1, 0.15) is 38.4 Å². The molecule has 166 valence electrons. The van der Waals surface area contributed by atoms with E-state index >= 15 is 0 Å². The van der Waals surface area contributed by atoms with Gasteiger partial charge in [0.1, 0.15) is 5.75 Å². The second-order valence-corrected chi connectivity index (χ2v) is 9.80. The first-order valence-electron chi connectivity index (χ1n) is 9.86. The largest absolute Gasteiger partial charge is 0.503 e. The highest BCUT2D eigenvalue weighted by molar-refractivity contribution is 9.10. The summed E-state index contributed by atoms with van der Waals surface area (Å²) in [4.78, 5) is 35.0. The number of hydrogen-bond donors (Lipinski definition) is 1. The van der Waals surface area contributed by atoms with Gasteiger partial charge in [-0.1, -0.05) is 15.9 Å². The summed E-state index contributed by atoms with van der Waals surface area (Å²) in [5.74, 6) is -0.896. The van der Waals surface area contributed by atoms with Gasteiger partial charge >= 0.3 is 0 Å². The Bertz CT molecular complexity index is 1050. The lowest BCUT2D eigenvalue weighted by atomic mass is 9.94. The summed E-state index contributed by atoms with van der Waals surface area (Å²) in [6.45, 7) is 4.74. The Morgan fingerprint density at radius 2 is 2.06 bits per heavy atom. The van der Waals surface area contributed by atoms with Crippen molar-refractivity contribution in [2.24, 2.45) is 0 Å². The minimum Gasteiger partial charge on any atom is -0.503 e. The summed E-state index contributed by atoms with van der Waals surface area (Å²) in [7, 11) is 5.46. The number of methoxy groups -OCH3 is 1. The molecule has 1 aliphatic rings. The van der Waals surface area contributed by atoms with E-state index in [-0.39, 0.29) is 11.4 Å². The molecule has 2 aromatic rings. The van der Waals surface area contributed by atoms with Crippen molar-refractivity contribution in [2.75, 3.05) is 34.3 Å². The van der Waals surface area contributed by atoms with E-state index in [0.29, 0.717) is 34.8 Å². The fourth-order valence-corrected chi connectivity index (χ4v) is 5.03. The Kier molecular flexibility index (Phi) is 7.18. The van der Waals surface area contributed by atoms with Crippen LogP contribution in [-0.2, 0) is 4.79 Å². The maximum Gasteiger partial charge on any atom is 0.290 e. The molecule has 3 rings (SSSR count). The van der Waals surface area contributed by atoms with Crippen molar-refractivity contribution in [2.45, 2.75) is 26.3 Å². The summed E-state index contributed by atoms with van der Waals surface area (Å²) in [5, 5.41) is 11.6. The van der Waals surface area contributed by atoms with E-state index in [2.05, 4.69) is 20.9 Å². The quantitative estimate of drug-likeness (QED) is 0.542. The first kappa shape index (κ1) is 23.4. The number of rotatable bonds is 8. The summed E-state index contributed by atoms with van der Waals surface area (Å²) in [5.41, 5.74) is 1.30. The average molecular weight is 508 g/mol. The standard InChI is InChI=1S/C22H26BrN3O4S/c1-12-21(31-13(2)24-12)19(27)17-18(15-11-14(23)7-8-16(15)30-5)26(22(29)20(17)28)10-6-9-25(3)4/h7-8,11,18,28H,6,9-10H2,1-5H3. The van der Waals surface area contributed by atoms with Crippen LogP contribution in [0.15, 0.2) is 34.0 Å². The lowest BCUT2D eigenvalue weighted by molar-refractivity contribution is -0.129. The zero-order chi connectivity index (χ0) is 22.9. The van der Waals surface area contributed by atoms with Crippen LogP contribution in [0.2, 0.25) is 0 Å². The molecule has 0 radical (unpaired) electrons. The summed E-state index contributed by atoms with van der Waals surface area (Å²) < 4.78 is 6.33. The molecule has 1 unspecified atom stereocenters. The number of ether oxygens (including phenoxy) is 1. The molecular formula is C22H26BrN3O4S. The van der Waals surface area contributed by atoms with E-state index in [1.807, 2.05) is 38.1 Å². The highest BCUT2D eigenvalue weighted by Gasteiger charge is 2.45. The Morgan fingerprint density at radius 1 is 1.35 bits per heavy atom. The number of Topliss-reactive ketones (excluding diaryl/α,β-unsaturated/α-hetero) is 1. The SMILES string of the molecule is COc1ccc(Br)cc1C1C(C(=O)c2sc(C)nc2C)=C(O)C(=O)N1CCCN(C)C. The molecule has 31 heavy (non-hydrogen) atoms. The molecule has 0 bridgehead atoms. The molecule has 0 saturated carbocycles. The number of ketones is 1. The number of thiazole rings is 1. The number of aryl methyl sites for hydroxylation is 2. The Morgan fingerprint density at radius 3 is 2.65 bits per heavy atom. The van der Waals surface area contributed by atoms with Gasteiger partial charge < -0.3 is 19.6 Å². The molecule has 1 aromatic carbocycles. The normalized spacial score (nSPS) is 16.5. The first-order chi connectivity index (χ1) is 14.6. The van der Waals surface area contributed by atoms with Gasteiger partial charge in [0.25, 0.3) is 5.91 Å². The van der Waals surface area contributed by atoms with Crippen LogP contribution in [0.25, 0.3) is 0 Å². The predicted octanol–water partition coefficient (Wildman–Crippen LogP) is 4.06. The third kappa shape index (κ3) is 4.68. The van der Waals surface area contributed by atoms with Crippen LogP contribution < -0.4 is 4.74 Å². The van der Waals surface area contributed by atoms with Gasteiger partial charge in [0.2, 0.25) is 5.78 Å². The van der Waals surface area contributed by atoms with Crippen LogP contribution in [0.5, 0.6) is 5.75 Å². The molecule has 1 aromatic heterocycles. The highest BCUT2D eigenvalue weighted by atomic mass is 79.9. The maximum atomic E-state index is 13.5. The van der Waals surface area contributed by atoms with Gasteiger partial charge in [-0.15, -0.1) is 11.3 Å². The lowest BCUT2D eigenvalue weighted by Gasteiger charge is -2.28. The Labute approximate surface area is 194 Å². The van der Waals surface area contributed by atoms with Crippen molar-refractivity contribution in [3.8, 4) is 5.75 Å². The number of aromatic nitrogens is 1. The predicted molar refractivity (Wildman–Crippen MR) is 124 cm³/mol. The number of benzene rings is 1. The van der Waals surface area contributed by atoms with Crippen LogP contribution in [0.3, 0.4) is 0 Å². The molecule has 9 heteroatoms. The van der Waals surface area contributed by atoms with Gasteiger partial charge in [0.15, 0.2) is 5.76 Å². The fraction of sp³-hybridized carbons (Fsp3) is 0.409. The zero-order valence-electron chi connectivity index (χ0n) is 18.2. The van der Waals surface area contributed by atoms with Crippen LogP contribution in [-0.4, -0.2) is 65.9 Å². The number of halogens is 1. The fourth-order valence-electron chi connectivity index (χ4n) is 3.78. The number of amides is 1. The van der Waals surface area contributed by atoms with E-state index in [0.717, 1.165) is 16.0 Å². The van der Waals surface area contributed by atoms with Crippen LogP contribution in [0.4, 0.5) is 0 Å². The number of aliphatic hydroxyl groups excluding tert-OH is 1. The minimum atomic E-state index is -0.753. The van der Waals surface area contributed by atoms with Crippen molar-refractivity contribution >= 4 is 39.0 Å². The first-order valence-corrected chi connectivity index (χ1v) is 11.5. The van der Waals surface area contributed by atoms with Crippen LogP contribution >= 0.6 is 27.3 Å². The van der Waals surface area contributed by atoms with Crippen molar-refractivity contribution in [1.29, 1.82) is 0 Å². The molecule has 1 N–H and O–H groups in total. The third-order valence-electron chi connectivity index (χ3n) is 5.15. The second-order valence-electron chi connectivity index (χ2n) is 7.68. The van der Waals surface area contributed by atoms with E-state index in [1.54, 1.807) is 25.0 Å². The number of carbonyl (C=O) groups is 2. The minimum absolute atomic E-state index is 0.0676. The summed E-state index contributed by atoms with van der Waals surface area (Å²) in [6.07, 6.45) is 0.693. The maximum absolute atomic E-state index is 13.5.